The monoisotopic (exact) mass is 478 g/mol. The Balaban J connectivity index is 1.21. The van der Waals surface area contributed by atoms with E-state index in [0.717, 1.165) is 56.3 Å². The summed E-state index contributed by atoms with van der Waals surface area (Å²) in [6.07, 6.45) is 5.80. The lowest BCUT2D eigenvalue weighted by Gasteiger charge is -2.37. The molecule has 7 heteroatoms. The number of pyridine rings is 1. The summed E-state index contributed by atoms with van der Waals surface area (Å²) in [5.74, 6) is 0.762. The van der Waals surface area contributed by atoms with E-state index in [1.54, 1.807) is 12.1 Å². The number of amides is 1. The molecule has 1 amide bonds. The van der Waals surface area contributed by atoms with Crippen molar-refractivity contribution in [2.45, 2.75) is 19.3 Å². The van der Waals surface area contributed by atoms with Crippen LogP contribution in [0, 0.1) is 0 Å². The highest BCUT2D eigenvalue weighted by atomic mass is 35.5. The maximum absolute atomic E-state index is 12.6. The van der Waals surface area contributed by atoms with Crippen LogP contribution in [0.5, 0.6) is 5.75 Å². The minimum atomic E-state index is 0.00291. The molecule has 0 saturated carbocycles. The summed E-state index contributed by atoms with van der Waals surface area (Å²) in [6.45, 7) is 5.44. The first-order valence-corrected chi connectivity index (χ1v) is 12.2. The molecule has 0 bridgehead atoms. The zero-order valence-corrected chi connectivity index (χ0v) is 20.1. The number of halogens is 1. The number of carbonyl (C=O) groups excluding carboxylic acids is 1. The van der Waals surface area contributed by atoms with Gasteiger partial charge in [-0.2, -0.15) is 0 Å². The van der Waals surface area contributed by atoms with Crippen LogP contribution in [0.3, 0.4) is 0 Å². The fourth-order valence-electron chi connectivity index (χ4n) is 4.07. The maximum atomic E-state index is 12.6. The topological polar surface area (TPSA) is 57.7 Å². The van der Waals surface area contributed by atoms with Gasteiger partial charge in [0.15, 0.2) is 0 Å². The zero-order valence-electron chi connectivity index (χ0n) is 19.3. The van der Waals surface area contributed by atoms with Gasteiger partial charge in [0.25, 0.3) is 0 Å². The molecule has 0 atom stereocenters. The van der Waals surface area contributed by atoms with Crippen LogP contribution >= 0.6 is 11.6 Å². The van der Waals surface area contributed by atoms with Gasteiger partial charge in [0, 0.05) is 56.6 Å². The molecule has 2 aromatic carbocycles. The molecule has 2 heterocycles. The molecule has 1 aromatic heterocycles. The summed E-state index contributed by atoms with van der Waals surface area (Å²) in [5, 5.41) is 3.78. The summed E-state index contributed by atoms with van der Waals surface area (Å²) in [6, 6.07) is 19.5. The second kappa shape index (κ2) is 12.4. The van der Waals surface area contributed by atoms with E-state index in [4.69, 9.17) is 16.3 Å². The van der Waals surface area contributed by atoms with E-state index >= 15 is 0 Å². The first kappa shape index (κ1) is 24.0. The van der Waals surface area contributed by atoms with Crippen LogP contribution in [0.4, 0.5) is 11.4 Å². The van der Waals surface area contributed by atoms with Crippen LogP contribution < -0.4 is 15.0 Å². The average molecular weight is 479 g/mol. The first-order valence-electron chi connectivity index (χ1n) is 11.8. The van der Waals surface area contributed by atoms with Gasteiger partial charge in [-0.3, -0.25) is 14.7 Å². The Kier molecular flexibility index (Phi) is 8.77. The fourth-order valence-corrected chi connectivity index (χ4v) is 4.20. The van der Waals surface area contributed by atoms with Crippen LogP contribution in [0.15, 0.2) is 73.1 Å². The van der Waals surface area contributed by atoms with Gasteiger partial charge < -0.3 is 15.0 Å². The standard InChI is InChI=1S/C27H31ClN4O2/c28-23-7-9-24(10-8-23)34-21-3-6-27(33)30-25-4-1-2-5-26(25)32-19-17-31(18-20-32)16-13-22-11-14-29-15-12-22/h1-2,4-5,7-12,14-15H,3,6,13,16-21H2,(H,30,33). The summed E-state index contributed by atoms with van der Waals surface area (Å²) in [5.41, 5.74) is 3.28. The minimum Gasteiger partial charge on any atom is -0.494 e. The highest BCUT2D eigenvalue weighted by Crippen LogP contribution is 2.27. The largest absolute Gasteiger partial charge is 0.494 e. The fraction of sp³-hybridized carbons (Fsp3) is 0.333. The summed E-state index contributed by atoms with van der Waals surface area (Å²) >= 11 is 5.89. The molecule has 0 aliphatic carbocycles. The van der Waals surface area contributed by atoms with Crippen LogP contribution in [0.25, 0.3) is 0 Å². The molecular formula is C27H31ClN4O2. The molecule has 3 aromatic rings. The van der Waals surface area contributed by atoms with E-state index in [1.165, 1.54) is 5.56 Å². The smallest absolute Gasteiger partial charge is 0.224 e. The van der Waals surface area contributed by atoms with E-state index in [9.17, 15) is 4.79 Å². The van der Waals surface area contributed by atoms with E-state index < -0.39 is 0 Å². The number of piperazine rings is 1. The second-order valence-electron chi connectivity index (χ2n) is 8.41. The molecule has 1 fully saturated rings. The number of nitrogens with zero attached hydrogens (tertiary/aromatic N) is 3. The molecule has 0 radical (unpaired) electrons. The summed E-state index contributed by atoms with van der Waals surface area (Å²) in [4.78, 5) is 21.5. The third kappa shape index (κ3) is 7.20. The lowest BCUT2D eigenvalue weighted by Crippen LogP contribution is -2.47. The Bertz CT molecular complexity index is 1040. The molecule has 0 spiro atoms. The number of aromatic nitrogens is 1. The van der Waals surface area contributed by atoms with Gasteiger partial charge in [-0.05, 0) is 66.9 Å². The molecular weight excluding hydrogens is 448 g/mol. The van der Waals surface area contributed by atoms with Gasteiger partial charge >= 0.3 is 0 Å². The Labute approximate surface area is 206 Å². The number of ether oxygens (including phenoxy) is 1. The van der Waals surface area contributed by atoms with Crippen LogP contribution in [-0.2, 0) is 11.2 Å². The molecule has 4 rings (SSSR count). The number of nitrogens with one attached hydrogen (secondary N) is 1. The van der Waals surface area contributed by atoms with Crippen molar-refractivity contribution in [1.29, 1.82) is 0 Å². The Morgan fingerprint density at radius 2 is 1.71 bits per heavy atom. The van der Waals surface area contributed by atoms with Gasteiger partial charge in [0.1, 0.15) is 5.75 Å². The number of rotatable bonds is 10. The van der Waals surface area contributed by atoms with Crippen molar-refractivity contribution in [1.82, 2.24) is 9.88 Å². The van der Waals surface area contributed by atoms with E-state index in [2.05, 4.69) is 38.3 Å². The minimum absolute atomic E-state index is 0.00291. The highest BCUT2D eigenvalue weighted by molar-refractivity contribution is 6.30. The van der Waals surface area contributed by atoms with E-state index in [1.807, 2.05) is 42.7 Å². The van der Waals surface area contributed by atoms with Gasteiger partial charge in [-0.15, -0.1) is 0 Å². The lowest BCUT2D eigenvalue weighted by molar-refractivity contribution is -0.116. The first-order chi connectivity index (χ1) is 16.7. The number of anilines is 2. The molecule has 1 saturated heterocycles. The van der Waals surface area contributed by atoms with Crippen molar-refractivity contribution in [2.24, 2.45) is 0 Å². The maximum Gasteiger partial charge on any atom is 0.224 e. The highest BCUT2D eigenvalue weighted by Gasteiger charge is 2.19. The lowest BCUT2D eigenvalue weighted by atomic mass is 10.1. The molecule has 178 valence electrons. The molecule has 1 aliphatic rings. The van der Waals surface area contributed by atoms with Crippen LogP contribution in [-0.4, -0.2) is 55.1 Å². The molecule has 6 nitrogen and oxygen atoms in total. The predicted octanol–water partition coefficient (Wildman–Crippen LogP) is 4.90. The quantitative estimate of drug-likeness (QED) is 0.420. The predicted molar refractivity (Wildman–Crippen MR) is 138 cm³/mol. The molecule has 1 aliphatic heterocycles. The molecule has 0 unspecified atom stereocenters. The van der Waals surface area contributed by atoms with Crippen molar-refractivity contribution >= 4 is 28.9 Å². The Hall–Kier alpha value is -3.09. The SMILES string of the molecule is O=C(CCCOc1ccc(Cl)cc1)Nc1ccccc1N1CCN(CCc2ccncc2)CC1. The van der Waals surface area contributed by atoms with Crippen molar-refractivity contribution in [3.05, 3.63) is 83.6 Å². The van der Waals surface area contributed by atoms with Crippen LogP contribution in [0.1, 0.15) is 18.4 Å². The normalized spacial score (nSPS) is 14.1. The van der Waals surface area contributed by atoms with E-state index in [0.29, 0.717) is 24.5 Å². The summed E-state index contributed by atoms with van der Waals surface area (Å²) in [7, 11) is 0. The Morgan fingerprint density at radius 3 is 2.47 bits per heavy atom. The van der Waals surface area contributed by atoms with Gasteiger partial charge in [-0.25, -0.2) is 0 Å². The van der Waals surface area contributed by atoms with Crippen molar-refractivity contribution in [3.63, 3.8) is 0 Å². The summed E-state index contributed by atoms with van der Waals surface area (Å²) < 4.78 is 5.68. The van der Waals surface area contributed by atoms with Crippen molar-refractivity contribution < 1.29 is 9.53 Å². The third-order valence-corrected chi connectivity index (χ3v) is 6.24. The van der Waals surface area contributed by atoms with Gasteiger partial charge in [0.2, 0.25) is 5.91 Å². The third-order valence-electron chi connectivity index (χ3n) is 5.99. The molecule has 1 N–H and O–H groups in total. The van der Waals surface area contributed by atoms with E-state index in [-0.39, 0.29) is 5.91 Å². The van der Waals surface area contributed by atoms with Crippen LogP contribution in [0.2, 0.25) is 5.02 Å². The Morgan fingerprint density at radius 1 is 0.971 bits per heavy atom. The van der Waals surface area contributed by atoms with Crippen molar-refractivity contribution in [2.75, 3.05) is 49.5 Å². The number of carbonyl (C=O) groups is 1. The molecule has 34 heavy (non-hydrogen) atoms. The zero-order chi connectivity index (χ0) is 23.6. The van der Waals surface area contributed by atoms with Gasteiger partial charge in [-0.1, -0.05) is 23.7 Å². The number of hydrogen-bond donors (Lipinski definition) is 1. The van der Waals surface area contributed by atoms with Gasteiger partial charge in [0.05, 0.1) is 18.0 Å². The number of para-hydroxylation sites is 2. The second-order valence-corrected chi connectivity index (χ2v) is 8.84. The number of benzene rings is 2. The number of hydrogen-bond acceptors (Lipinski definition) is 5. The van der Waals surface area contributed by atoms with Crippen molar-refractivity contribution in [3.8, 4) is 5.75 Å². The average Bonchev–Trinajstić information content (AvgIpc) is 2.88.